The quantitative estimate of drug-likeness (QED) is 0.456. The first-order valence-corrected chi connectivity index (χ1v) is 9.71. The molecule has 0 saturated carbocycles. The summed E-state index contributed by atoms with van der Waals surface area (Å²) >= 11 is 0. The molecular formula is C16H30O4S2. The lowest BCUT2D eigenvalue weighted by Gasteiger charge is -2.29. The highest BCUT2D eigenvalue weighted by atomic mass is 33.1. The molecule has 0 saturated heterocycles. The van der Waals surface area contributed by atoms with Crippen molar-refractivity contribution in [2.45, 2.75) is 64.9 Å². The lowest BCUT2D eigenvalue weighted by Crippen LogP contribution is -2.29. The van der Waals surface area contributed by atoms with E-state index in [1.807, 2.05) is 55.4 Å². The van der Waals surface area contributed by atoms with Gasteiger partial charge in [-0.25, -0.2) is 0 Å². The van der Waals surface area contributed by atoms with Crippen molar-refractivity contribution in [3.05, 3.63) is 0 Å². The normalized spacial score (nSPS) is 12.6. The maximum absolute atomic E-state index is 11.5. The Morgan fingerprint density at radius 2 is 1.05 bits per heavy atom. The van der Waals surface area contributed by atoms with E-state index in [4.69, 9.17) is 9.47 Å². The Labute approximate surface area is 142 Å². The maximum Gasteiger partial charge on any atom is 0.308 e. The van der Waals surface area contributed by atoms with Crippen LogP contribution in [0, 0.1) is 11.8 Å². The van der Waals surface area contributed by atoms with Gasteiger partial charge < -0.3 is 9.47 Å². The van der Waals surface area contributed by atoms with Crippen molar-refractivity contribution >= 4 is 33.5 Å². The fourth-order valence-electron chi connectivity index (χ4n) is 1.10. The van der Waals surface area contributed by atoms with Gasteiger partial charge in [0, 0.05) is 0 Å². The van der Waals surface area contributed by atoms with Gasteiger partial charge in [-0.15, -0.1) is 0 Å². The Kier molecular flexibility index (Phi) is 8.91. The molecular weight excluding hydrogens is 320 g/mol. The molecule has 0 aliphatic rings. The van der Waals surface area contributed by atoms with Crippen LogP contribution in [0.3, 0.4) is 0 Å². The van der Waals surface area contributed by atoms with E-state index in [2.05, 4.69) is 0 Å². The summed E-state index contributed by atoms with van der Waals surface area (Å²) in [5, 5.41) is 0. The van der Waals surface area contributed by atoms with E-state index in [9.17, 15) is 9.59 Å². The van der Waals surface area contributed by atoms with Crippen molar-refractivity contribution in [2.75, 3.05) is 13.2 Å². The molecule has 0 N–H and O–H groups in total. The summed E-state index contributed by atoms with van der Waals surface area (Å²) in [6, 6.07) is 0. The second kappa shape index (κ2) is 9.06. The molecule has 0 heterocycles. The molecule has 0 radical (unpaired) electrons. The van der Waals surface area contributed by atoms with E-state index >= 15 is 0 Å². The Balaban J connectivity index is 4.26. The second-order valence-electron chi connectivity index (χ2n) is 7.21. The lowest BCUT2D eigenvalue weighted by molar-refractivity contribution is -0.148. The van der Waals surface area contributed by atoms with Crippen molar-refractivity contribution in [1.82, 2.24) is 0 Å². The summed E-state index contributed by atoms with van der Waals surface area (Å²) in [4.78, 5) is 23.1. The first-order chi connectivity index (χ1) is 9.86. The van der Waals surface area contributed by atoms with E-state index < -0.39 is 0 Å². The summed E-state index contributed by atoms with van der Waals surface area (Å²) in [6.07, 6.45) is 0. The molecule has 0 aromatic heterocycles. The highest BCUT2D eigenvalue weighted by molar-refractivity contribution is 8.77. The van der Waals surface area contributed by atoms with Crippen LogP contribution in [0.15, 0.2) is 0 Å². The Morgan fingerprint density at radius 3 is 1.27 bits per heavy atom. The number of carbonyl (C=O) groups is 2. The number of ether oxygens (including phenoxy) is 2. The molecule has 0 aromatic rings. The minimum atomic E-state index is -0.200. The first kappa shape index (κ1) is 21.6. The van der Waals surface area contributed by atoms with Crippen LogP contribution in [-0.2, 0) is 19.1 Å². The maximum atomic E-state index is 11.5. The Bertz CT molecular complexity index is 340. The van der Waals surface area contributed by atoms with Crippen LogP contribution in [0.2, 0.25) is 0 Å². The average Bonchev–Trinajstić information content (AvgIpc) is 2.40. The summed E-state index contributed by atoms with van der Waals surface area (Å²) < 4.78 is 10.2. The smallest absolute Gasteiger partial charge is 0.308 e. The third kappa shape index (κ3) is 9.62. The minimum absolute atomic E-state index is 0.111. The standard InChI is InChI=1S/C16H30O4S2/c1-11(2)13(17)19-9-15(5,6)21-22-16(7,8)10-20-14(18)12(3)4/h11-12H,9-10H2,1-8H3. The minimum Gasteiger partial charge on any atom is -0.464 e. The monoisotopic (exact) mass is 350 g/mol. The van der Waals surface area contributed by atoms with Gasteiger partial charge in [0.1, 0.15) is 13.2 Å². The molecule has 0 aliphatic heterocycles. The average molecular weight is 351 g/mol. The van der Waals surface area contributed by atoms with E-state index in [-0.39, 0.29) is 33.3 Å². The lowest BCUT2D eigenvalue weighted by atomic mass is 10.2. The summed E-state index contributed by atoms with van der Waals surface area (Å²) in [5.41, 5.74) is 0. The number of hydrogen-bond acceptors (Lipinski definition) is 6. The van der Waals surface area contributed by atoms with Crippen molar-refractivity contribution in [2.24, 2.45) is 11.8 Å². The molecule has 0 atom stereocenters. The fourth-order valence-corrected chi connectivity index (χ4v) is 3.40. The van der Waals surface area contributed by atoms with Gasteiger partial charge in [-0.2, -0.15) is 0 Å². The molecule has 0 bridgehead atoms. The highest BCUT2D eigenvalue weighted by Crippen LogP contribution is 2.43. The third-order valence-electron chi connectivity index (χ3n) is 2.56. The van der Waals surface area contributed by atoms with Gasteiger partial charge >= 0.3 is 11.9 Å². The van der Waals surface area contributed by atoms with Gasteiger partial charge in [-0.1, -0.05) is 49.3 Å². The molecule has 0 spiro atoms. The summed E-state index contributed by atoms with van der Waals surface area (Å²) in [7, 11) is 3.30. The van der Waals surface area contributed by atoms with E-state index in [0.717, 1.165) is 0 Å². The predicted molar refractivity (Wildman–Crippen MR) is 94.9 cm³/mol. The van der Waals surface area contributed by atoms with Crippen molar-refractivity contribution in [3.8, 4) is 0 Å². The van der Waals surface area contributed by atoms with Crippen LogP contribution in [0.1, 0.15) is 55.4 Å². The van der Waals surface area contributed by atoms with Crippen molar-refractivity contribution < 1.29 is 19.1 Å². The van der Waals surface area contributed by atoms with Crippen molar-refractivity contribution in [1.29, 1.82) is 0 Å². The van der Waals surface area contributed by atoms with Crippen LogP contribution in [0.25, 0.3) is 0 Å². The topological polar surface area (TPSA) is 52.6 Å². The van der Waals surface area contributed by atoms with Gasteiger partial charge in [0.2, 0.25) is 0 Å². The SMILES string of the molecule is CC(C)C(=O)OCC(C)(C)SSC(C)(C)COC(=O)C(C)C. The van der Waals surface area contributed by atoms with Crippen LogP contribution >= 0.6 is 21.6 Å². The molecule has 0 amide bonds. The molecule has 22 heavy (non-hydrogen) atoms. The third-order valence-corrected chi connectivity index (χ3v) is 6.74. The largest absolute Gasteiger partial charge is 0.464 e. The van der Waals surface area contributed by atoms with Gasteiger partial charge in [-0.05, 0) is 27.7 Å². The van der Waals surface area contributed by atoms with Crippen LogP contribution in [0.4, 0.5) is 0 Å². The van der Waals surface area contributed by atoms with E-state index in [1.54, 1.807) is 21.6 Å². The number of carbonyl (C=O) groups excluding carboxylic acids is 2. The molecule has 4 nitrogen and oxygen atoms in total. The van der Waals surface area contributed by atoms with Gasteiger partial charge in [-0.3, -0.25) is 9.59 Å². The number of esters is 2. The molecule has 0 unspecified atom stereocenters. The summed E-state index contributed by atoms with van der Waals surface area (Å²) in [5.74, 6) is -0.576. The van der Waals surface area contributed by atoms with Gasteiger partial charge in [0.15, 0.2) is 0 Å². The second-order valence-corrected chi connectivity index (χ2v) is 10.8. The van der Waals surface area contributed by atoms with E-state index in [1.165, 1.54) is 0 Å². The zero-order chi connectivity index (χ0) is 17.6. The van der Waals surface area contributed by atoms with Gasteiger partial charge in [0.25, 0.3) is 0 Å². The Hall–Kier alpha value is -0.360. The predicted octanol–water partition coefficient (Wildman–Crippen LogP) is 4.32. The fraction of sp³-hybridized carbons (Fsp3) is 0.875. The van der Waals surface area contributed by atoms with E-state index in [0.29, 0.717) is 13.2 Å². The zero-order valence-electron chi connectivity index (χ0n) is 15.0. The van der Waals surface area contributed by atoms with Gasteiger partial charge in [0.05, 0.1) is 21.3 Å². The Morgan fingerprint density at radius 1 is 0.773 bits per heavy atom. The highest BCUT2D eigenvalue weighted by Gasteiger charge is 2.29. The van der Waals surface area contributed by atoms with Crippen LogP contribution in [-0.4, -0.2) is 34.6 Å². The molecule has 130 valence electrons. The number of hydrogen-bond donors (Lipinski definition) is 0. The molecule has 0 aromatic carbocycles. The molecule has 0 rings (SSSR count). The molecule has 6 heteroatoms. The molecule has 0 aliphatic carbocycles. The van der Waals surface area contributed by atoms with Crippen molar-refractivity contribution in [3.63, 3.8) is 0 Å². The summed E-state index contributed by atoms with van der Waals surface area (Å²) in [6.45, 7) is 16.2. The molecule has 0 fully saturated rings. The zero-order valence-corrected chi connectivity index (χ0v) is 16.7. The first-order valence-electron chi connectivity index (χ1n) is 7.56. The van der Waals surface area contributed by atoms with Crippen LogP contribution in [0.5, 0.6) is 0 Å². The van der Waals surface area contributed by atoms with Crippen LogP contribution < -0.4 is 0 Å². The number of rotatable bonds is 9.